The first kappa shape index (κ1) is 28.7. The van der Waals surface area contributed by atoms with Crippen molar-refractivity contribution in [3.8, 4) is 0 Å². The van der Waals surface area contributed by atoms with Crippen molar-refractivity contribution >= 4 is 17.8 Å². The van der Waals surface area contributed by atoms with Gasteiger partial charge in [0.05, 0.1) is 6.04 Å². The van der Waals surface area contributed by atoms with E-state index in [1.807, 2.05) is 30.6 Å². The van der Waals surface area contributed by atoms with Gasteiger partial charge in [-0.2, -0.15) is 0 Å². The summed E-state index contributed by atoms with van der Waals surface area (Å²) in [6.45, 7) is 10.6. The van der Waals surface area contributed by atoms with Crippen LogP contribution < -0.4 is 4.90 Å². The van der Waals surface area contributed by atoms with Crippen molar-refractivity contribution < 1.29 is 14.3 Å². The molecule has 7 heteroatoms. The molecule has 3 amide bonds. The highest BCUT2D eigenvalue weighted by Gasteiger charge is 2.42. The summed E-state index contributed by atoms with van der Waals surface area (Å²) in [5.74, 6) is 0. The van der Waals surface area contributed by atoms with E-state index in [2.05, 4.69) is 89.8 Å². The molecule has 0 bridgehead atoms. The van der Waals surface area contributed by atoms with Crippen molar-refractivity contribution in [2.24, 2.45) is 0 Å². The second kappa shape index (κ2) is 12.8. The van der Waals surface area contributed by atoms with Crippen molar-refractivity contribution in [2.45, 2.75) is 58.3 Å². The molecule has 1 atom stereocenters. The summed E-state index contributed by atoms with van der Waals surface area (Å²) >= 11 is 0. The Bertz CT molecular complexity index is 1250. The number of carbonyl (C=O) groups is 2. The molecular formula is C34H42N4O3. The van der Waals surface area contributed by atoms with Crippen LogP contribution in [0.2, 0.25) is 0 Å². The first-order valence-corrected chi connectivity index (χ1v) is 14.7. The number of fused-ring (bicyclic) bond motifs is 1. The summed E-state index contributed by atoms with van der Waals surface area (Å²) in [7, 11) is 0. The number of hydrogen-bond donors (Lipinski definition) is 0. The molecule has 2 aliphatic rings. The third kappa shape index (κ3) is 7.67. The van der Waals surface area contributed by atoms with Crippen LogP contribution in [-0.2, 0) is 24.2 Å². The molecule has 7 nitrogen and oxygen atoms in total. The van der Waals surface area contributed by atoms with Crippen LogP contribution in [-0.4, -0.2) is 71.2 Å². The van der Waals surface area contributed by atoms with Gasteiger partial charge in [-0.1, -0.05) is 72.8 Å². The average Bonchev–Trinajstić information content (AvgIpc) is 3.29. The van der Waals surface area contributed by atoms with Crippen LogP contribution in [0.25, 0.3) is 0 Å². The van der Waals surface area contributed by atoms with Crippen LogP contribution in [0.1, 0.15) is 43.9 Å². The summed E-state index contributed by atoms with van der Waals surface area (Å²) in [6, 6.07) is 29.7. The fourth-order valence-corrected chi connectivity index (χ4v) is 5.66. The van der Waals surface area contributed by atoms with E-state index >= 15 is 0 Å². The maximum Gasteiger partial charge on any atom is 0.410 e. The Morgan fingerprint density at radius 2 is 1.44 bits per heavy atom. The highest BCUT2D eigenvalue weighted by molar-refractivity contribution is 5.95. The number of aryl methyl sites for hydroxylation is 1. The molecule has 2 aliphatic heterocycles. The fourth-order valence-electron chi connectivity index (χ4n) is 5.66. The number of ether oxygens (including phenoxy) is 1. The summed E-state index contributed by atoms with van der Waals surface area (Å²) in [5, 5.41) is 0. The molecule has 0 radical (unpaired) electrons. The van der Waals surface area contributed by atoms with Gasteiger partial charge < -0.3 is 14.5 Å². The van der Waals surface area contributed by atoms with Gasteiger partial charge in [0, 0.05) is 45.0 Å². The number of nitrogens with zero attached hydrogens (tertiary/aromatic N) is 4. The quantitative estimate of drug-likeness (QED) is 0.317. The third-order valence-electron chi connectivity index (χ3n) is 7.69. The smallest absolute Gasteiger partial charge is 0.410 e. The average molecular weight is 555 g/mol. The summed E-state index contributed by atoms with van der Waals surface area (Å²) < 4.78 is 5.55. The van der Waals surface area contributed by atoms with Gasteiger partial charge in [-0.3, -0.25) is 9.80 Å². The van der Waals surface area contributed by atoms with Gasteiger partial charge in [-0.25, -0.2) is 9.59 Å². The fraction of sp³-hybridized carbons (Fsp3) is 0.412. The number of urea groups is 1. The largest absolute Gasteiger partial charge is 0.444 e. The Balaban J connectivity index is 1.15. The molecule has 2 heterocycles. The third-order valence-corrected chi connectivity index (χ3v) is 7.69. The molecule has 2 fully saturated rings. The monoisotopic (exact) mass is 554 g/mol. The number of anilines is 1. The van der Waals surface area contributed by atoms with E-state index in [1.165, 1.54) is 16.7 Å². The van der Waals surface area contributed by atoms with Gasteiger partial charge in [0.25, 0.3) is 0 Å². The second-order valence-electron chi connectivity index (χ2n) is 12.1. The molecule has 5 rings (SSSR count). The zero-order chi connectivity index (χ0) is 28.8. The van der Waals surface area contributed by atoms with Crippen LogP contribution in [0.3, 0.4) is 0 Å². The SMILES string of the molecule is CC(C)(C)OC(=O)N1CCN2C(=O)N(c3ccc(CCCN(Cc4ccccc4)Cc4ccccc4)cc3)C[C@@H]2C1. The van der Waals surface area contributed by atoms with Gasteiger partial charge in [-0.15, -0.1) is 0 Å². The molecule has 0 aromatic heterocycles. The van der Waals surface area contributed by atoms with Crippen LogP contribution in [0.5, 0.6) is 0 Å². The maximum atomic E-state index is 13.2. The van der Waals surface area contributed by atoms with Crippen LogP contribution >= 0.6 is 0 Å². The molecule has 0 unspecified atom stereocenters. The molecule has 41 heavy (non-hydrogen) atoms. The molecule has 0 spiro atoms. The number of piperazine rings is 1. The molecule has 3 aromatic rings. The van der Waals surface area contributed by atoms with Gasteiger partial charge in [-0.05, 0) is 69.0 Å². The predicted molar refractivity (Wildman–Crippen MR) is 163 cm³/mol. The Labute approximate surface area is 244 Å². The predicted octanol–water partition coefficient (Wildman–Crippen LogP) is 6.18. The normalized spacial score (nSPS) is 17.2. The van der Waals surface area contributed by atoms with Gasteiger partial charge in [0.1, 0.15) is 5.60 Å². The molecule has 0 N–H and O–H groups in total. The van der Waals surface area contributed by atoms with Crippen LogP contribution in [0.15, 0.2) is 84.9 Å². The molecule has 2 saturated heterocycles. The highest BCUT2D eigenvalue weighted by Crippen LogP contribution is 2.27. The lowest BCUT2D eigenvalue weighted by Gasteiger charge is -2.36. The number of rotatable bonds is 9. The van der Waals surface area contributed by atoms with Crippen molar-refractivity contribution in [3.63, 3.8) is 0 Å². The molecular weight excluding hydrogens is 512 g/mol. The summed E-state index contributed by atoms with van der Waals surface area (Å²) in [6.07, 6.45) is 1.73. The number of carbonyl (C=O) groups excluding carboxylic acids is 2. The lowest BCUT2D eigenvalue weighted by Crippen LogP contribution is -2.54. The number of hydrogen-bond acceptors (Lipinski definition) is 4. The number of benzene rings is 3. The topological polar surface area (TPSA) is 56.3 Å². The van der Waals surface area contributed by atoms with Crippen LogP contribution in [0.4, 0.5) is 15.3 Å². The Morgan fingerprint density at radius 3 is 2.02 bits per heavy atom. The standard InChI is InChI=1S/C34H42N4O3/c1-34(2,3)41-33(40)36-21-22-37-31(25-36)26-38(32(37)39)30-18-16-27(17-19-30)15-10-20-35(23-28-11-6-4-7-12-28)24-29-13-8-5-9-14-29/h4-9,11-14,16-19,31H,10,15,20-26H2,1-3H3/t31-/m0/s1. The Kier molecular flexibility index (Phi) is 8.93. The summed E-state index contributed by atoms with van der Waals surface area (Å²) in [4.78, 5) is 33.7. The van der Waals surface area contributed by atoms with E-state index < -0.39 is 5.60 Å². The Morgan fingerprint density at radius 1 is 0.829 bits per heavy atom. The van der Waals surface area contributed by atoms with E-state index in [0.29, 0.717) is 26.2 Å². The van der Waals surface area contributed by atoms with Crippen molar-refractivity contribution in [1.82, 2.24) is 14.7 Å². The van der Waals surface area contributed by atoms with Gasteiger partial charge >= 0.3 is 12.1 Å². The van der Waals surface area contributed by atoms with E-state index in [4.69, 9.17) is 4.74 Å². The van der Waals surface area contributed by atoms with Gasteiger partial charge in [0.15, 0.2) is 0 Å². The van der Waals surface area contributed by atoms with E-state index in [1.54, 1.807) is 4.90 Å². The Hall–Kier alpha value is -3.84. The minimum absolute atomic E-state index is 0.0176. The van der Waals surface area contributed by atoms with Crippen molar-refractivity contribution in [1.29, 1.82) is 0 Å². The second-order valence-corrected chi connectivity index (χ2v) is 12.1. The molecule has 0 saturated carbocycles. The number of amides is 3. The maximum absolute atomic E-state index is 13.2. The minimum atomic E-state index is -0.532. The van der Waals surface area contributed by atoms with E-state index in [0.717, 1.165) is 38.2 Å². The zero-order valence-electron chi connectivity index (χ0n) is 24.5. The van der Waals surface area contributed by atoms with Crippen molar-refractivity contribution in [2.75, 3.05) is 37.6 Å². The summed E-state index contributed by atoms with van der Waals surface area (Å²) in [5.41, 5.74) is 4.30. The zero-order valence-corrected chi connectivity index (χ0v) is 24.5. The first-order chi connectivity index (χ1) is 19.7. The molecule has 0 aliphatic carbocycles. The lowest BCUT2D eigenvalue weighted by atomic mass is 10.1. The lowest BCUT2D eigenvalue weighted by molar-refractivity contribution is 0.0128. The van der Waals surface area contributed by atoms with Crippen LogP contribution in [0, 0.1) is 0 Å². The van der Waals surface area contributed by atoms with E-state index in [9.17, 15) is 9.59 Å². The molecule has 3 aromatic carbocycles. The van der Waals surface area contributed by atoms with Crippen molar-refractivity contribution in [3.05, 3.63) is 102 Å². The van der Waals surface area contributed by atoms with Gasteiger partial charge in [0.2, 0.25) is 0 Å². The van der Waals surface area contributed by atoms with E-state index in [-0.39, 0.29) is 18.2 Å². The molecule has 216 valence electrons. The first-order valence-electron chi connectivity index (χ1n) is 14.7. The minimum Gasteiger partial charge on any atom is -0.444 e. The highest BCUT2D eigenvalue weighted by atomic mass is 16.6.